The minimum absolute atomic E-state index is 0.229. The fraction of sp³-hybridized carbons (Fsp3) is 0.409. The van der Waals surface area contributed by atoms with E-state index >= 15 is 0 Å². The molecule has 6 nitrogen and oxygen atoms in total. The molecule has 1 N–H and O–H groups in total. The van der Waals surface area contributed by atoms with Crippen molar-refractivity contribution in [1.82, 2.24) is 19.3 Å². The Hall–Kier alpha value is -2.89. The second-order valence-electron chi connectivity index (χ2n) is 7.69. The number of aryl methyl sites for hydroxylation is 1. The number of anilines is 1. The highest BCUT2D eigenvalue weighted by atomic mass is 16.2. The molecule has 1 amide bonds. The molecule has 0 spiro atoms. The first-order valence-electron chi connectivity index (χ1n) is 10.0. The van der Waals surface area contributed by atoms with E-state index in [1.165, 1.54) is 12.0 Å². The van der Waals surface area contributed by atoms with Crippen molar-refractivity contribution < 1.29 is 4.79 Å². The Morgan fingerprint density at radius 3 is 3.00 bits per heavy atom. The largest absolute Gasteiger partial charge is 0.369 e. The van der Waals surface area contributed by atoms with Crippen molar-refractivity contribution in [1.29, 1.82) is 0 Å². The van der Waals surface area contributed by atoms with Crippen LogP contribution in [-0.4, -0.2) is 44.8 Å². The summed E-state index contributed by atoms with van der Waals surface area (Å²) in [4.78, 5) is 23.6. The average molecular weight is 377 g/mol. The highest BCUT2D eigenvalue weighted by Gasteiger charge is 2.21. The summed E-state index contributed by atoms with van der Waals surface area (Å²) in [6.45, 7) is 6.66. The molecule has 1 aliphatic rings. The Kier molecular flexibility index (Phi) is 5.28. The summed E-state index contributed by atoms with van der Waals surface area (Å²) < 4.78 is 2.00. The van der Waals surface area contributed by atoms with Gasteiger partial charge in [-0.25, -0.2) is 4.98 Å². The molecule has 4 rings (SSSR count). The lowest BCUT2D eigenvalue weighted by Crippen LogP contribution is -2.39. The number of piperidine rings is 1. The summed E-state index contributed by atoms with van der Waals surface area (Å²) in [5, 5.41) is 3.47. The number of carbonyl (C=O) groups excluding carboxylic acids is 1. The summed E-state index contributed by atoms with van der Waals surface area (Å²) in [6, 6.07) is 8.22. The van der Waals surface area contributed by atoms with Crippen LogP contribution in [0.4, 0.5) is 5.82 Å². The first-order chi connectivity index (χ1) is 13.6. The van der Waals surface area contributed by atoms with E-state index in [1.807, 2.05) is 27.6 Å². The molecule has 1 aromatic carbocycles. The number of nitrogens with one attached hydrogen (secondary N) is 1. The molecule has 0 aliphatic carbocycles. The van der Waals surface area contributed by atoms with E-state index in [0.717, 1.165) is 42.2 Å². The predicted molar refractivity (Wildman–Crippen MR) is 111 cm³/mol. The number of hydrogen-bond donors (Lipinski definition) is 1. The molecular formula is C22H27N5O. The molecule has 28 heavy (non-hydrogen) atoms. The van der Waals surface area contributed by atoms with E-state index in [0.29, 0.717) is 18.9 Å². The first kappa shape index (κ1) is 18.5. The molecule has 0 radical (unpaired) electrons. The number of rotatable bonds is 5. The lowest BCUT2D eigenvalue weighted by Gasteiger charge is -2.31. The Morgan fingerprint density at radius 1 is 1.32 bits per heavy atom. The van der Waals surface area contributed by atoms with Gasteiger partial charge in [-0.1, -0.05) is 31.2 Å². The maximum Gasteiger partial charge on any atom is 0.224 e. The number of imidazole rings is 1. The topological polar surface area (TPSA) is 62.5 Å². The summed E-state index contributed by atoms with van der Waals surface area (Å²) in [6.07, 6.45) is 8.23. The molecule has 3 aromatic rings. The van der Waals surface area contributed by atoms with E-state index in [-0.39, 0.29) is 5.91 Å². The standard InChI is InChI=1S/C22H27N5O/c1-16-6-5-12-26(15-16)20(28)9-10-24-22-21(18-8-4-3-7-17(18)2)25-19-14-23-11-13-27(19)22/h3-4,7-8,11,13-14,16,24H,5-6,9-10,12,15H2,1-2H3. The Bertz CT molecular complexity index is 980. The van der Waals surface area contributed by atoms with Gasteiger partial charge in [-0.05, 0) is 31.2 Å². The zero-order valence-corrected chi connectivity index (χ0v) is 16.6. The van der Waals surface area contributed by atoms with Gasteiger partial charge < -0.3 is 10.2 Å². The number of likely N-dealkylation sites (tertiary alicyclic amines) is 1. The van der Waals surface area contributed by atoms with Gasteiger partial charge in [0.15, 0.2) is 5.65 Å². The SMILES string of the molecule is Cc1ccccc1-c1nc2cnccn2c1NCCC(=O)N1CCCC(C)C1. The molecule has 1 saturated heterocycles. The highest BCUT2D eigenvalue weighted by molar-refractivity contribution is 5.79. The second kappa shape index (κ2) is 8.00. The maximum atomic E-state index is 12.6. The van der Waals surface area contributed by atoms with Crippen molar-refractivity contribution in [2.75, 3.05) is 25.0 Å². The van der Waals surface area contributed by atoms with Gasteiger partial charge in [0, 0.05) is 44.0 Å². The van der Waals surface area contributed by atoms with E-state index in [9.17, 15) is 4.79 Å². The highest BCUT2D eigenvalue weighted by Crippen LogP contribution is 2.30. The van der Waals surface area contributed by atoms with Gasteiger partial charge >= 0.3 is 0 Å². The monoisotopic (exact) mass is 377 g/mol. The van der Waals surface area contributed by atoms with Crippen LogP contribution >= 0.6 is 0 Å². The summed E-state index contributed by atoms with van der Waals surface area (Å²) in [5.74, 6) is 1.74. The lowest BCUT2D eigenvalue weighted by atomic mass is 10.00. The van der Waals surface area contributed by atoms with Gasteiger partial charge in [-0.3, -0.25) is 14.2 Å². The van der Waals surface area contributed by atoms with Gasteiger partial charge in [0.25, 0.3) is 0 Å². The van der Waals surface area contributed by atoms with Gasteiger partial charge in [0.05, 0.1) is 6.20 Å². The molecule has 2 aromatic heterocycles. The molecule has 0 saturated carbocycles. The fourth-order valence-corrected chi connectivity index (χ4v) is 3.96. The molecule has 0 bridgehead atoms. The third-order valence-corrected chi connectivity index (χ3v) is 5.47. The third kappa shape index (κ3) is 3.72. The first-order valence-corrected chi connectivity index (χ1v) is 10.0. The number of aromatic nitrogens is 3. The number of amides is 1. The number of carbonyl (C=O) groups is 1. The Balaban J connectivity index is 1.54. The average Bonchev–Trinajstić information content (AvgIpc) is 3.07. The van der Waals surface area contributed by atoms with E-state index in [4.69, 9.17) is 4.98 Å². The minimum atomic E-state index is 0.229. The van der Waals surface area contributed by atoms with Crippen LogP contribution in [0.3, 0.4) is 0 Å². The Morgan fingerprint density at radius 2 is 2.18 bits per heavy atom. The van der Waals surface area contributed by atoms with Crippen LogP contribution in [0.5, 0.6) is 0 Å². The number of benzene rings is 1. The lowest BCUT2D eigenvalue weighted by molar-refractivity contribution is -0.132. The van der Waals surface area contributed by atoms with Crippen molar-refractivity contribution in [3.8, 4) is 11.3 Å². The van der Waals surface area contributed by atoms with Gasteiger partial charge in [-0.2, -0.15) is 0 Å². The third-order valence-electron chi connectivity index (χ3n) is 5.47. The molecule has 1 unspecified atom stereocenters. The molecule has 146 valence electrons. The molecule has 1 fully saturated rings. The van der Waals surface area contributed by atoms with Crippen molar-refractivity contribution in [2.24, 2.45) is 5.92 Å². The maximum absolute atomic E-state index is 12.6. The quantitative estimate of drug-likeness (QED) is 0.735. The zero-order chi connectivity index (χ0) is 19.5. The van der Waals surface area contributed by atoms with Crippen LogP contribution in [0.15, 0.2) is 42.9 Å². The van der Waals surface area contributed by atoms with Gasteiger partial charge in [-0.15, -0.1) is 0 Å². The van der Waals surface area contributed by atoms with E-state index < -0.39 is 0 Å². The van der Waals surface area contributed by atoms with Crippen LogP contribution in [0, 0.1) is 12.8 Å². The molecular weight excluding hydrogens is 350 g/mol. The van der Waals surface area contributed by atoms with Gasteiger partial charge in [0.2, 0.25) is 5.91 Å². The summed E-state index contributed by atoms with van der Waals surface area (Å²) in [7, 11) is 0. The molecule has 1 aliphatic heterocycles. The minimum Gasteiger partial charge on any atom is -0.369 e. The summed E-state index contributed by atoms with van der Waals surface area (Å²) in [5.41, 5.74) is 3.94. The van der Waals surface area contributed by atoms with Crippen LogP contribution in [0.2, 0.25) is 0 Å². The van der Waals surface area contributed by atoms with Crippen LogP contribution < -0.4 is 5.32 Å². The van der Waals surface area contributed by atoms with E-state index in [2.05, 4.69) is 36.3 Å². The Labute approximate surface area is 165 Å². The molecule has 3 heterocycles. The van der Waals surface area contributed by atoms with Crippen LogP contribution in [-0.2, 0) is 4.79 Å². The van der Waals surface area contributed by atoms with Crippen molar-refractivity contribution >= 4 is 17.4 Å². The summed E-state index contributed by atoms with van der Waals surface area (Å²) >= 11 is 0. The number of hydrogen-bond acceptors (Lipinski definition) is 4. The number of fused-ring (bicyclic) bond motifs is 1. The van der Waals surface area contributed by atoms with Crippen LogP contribution in [0.1, 0.15) is 31.7 Å². The zero-order valence-electron chi connectivity index (χ0n) is 16.6. The van der Waals surface area contributed by atoms with E-state index in [1.54, 1.807) is 12.4 Å². The molecule has 6 heteroatoms. The van der Waals surface area contributed by atoms with Crippen molar-refractivity contribution in [2.45, 2.75) is 33.1 Å². The van der Waals surface area contributed by atoms with Crippen molar-refractivity contribution in [3.63, 3.8) is 0 Å². The second-order valence-corrected chi connectivity index (χ2v) is 7.69. The fourth-order valence-electron chi connectivity index (χ4n) is 3.96. The normalized spacial score (nSPS) is 17.1. The van der Waals surface area contributed by atoms with Gasteiger partial charge in [0.1, 0.15) is 11.5 Å². The molecule has 1 atom stereocenters. The van der Waals surface area contributed by atoms with Crippen molar-refractivity contribution in [3.05, 3.63) is 48.4 Å². The predicted octanol–water partition coefficient (Wildman–Crippen LogP) is 3.77. The smallest absolute Gasteiger partial charge is 0.224 e. The number of nitrogens with zero attached hydrogens (tertiary/aromatic N) is 4. The van der Waals surface area contributed by atoms with Crippen LogP contribution in [0.25, 0.3) is 16.9 Å².